The summed E-state index contributed by atoms with van der Waals surface area (Å²) in [6.07, 6.45) is 4.26. The molecule has 0 spiro atoms. The monoisotopic (exact) mass is 137 g/mol. The van der Waals surface area contributed by atoms with E-state index in [1.54, 1.807) is 0 Å². The molecule has 1 aromatic rings. The van der Waals surface area contributed by atoms with Crippen molar-refractivity contribution in [3.05, 3.63) is 24.3 Å². The lowest BCUT2D eigenvalue weighted by Crippen LogP contribution is -2.13. The molecule has 0 aromatic carbocycles. The quantitative estimate of drug-likeness (QED) is 0.564. The Balaban J connectivity index is 2.85. The van der Waals surface area contributed by atoms with Crippen LogP contribution in [0.2, 0.25) is 0 Å². The number of aromatic nitrogens is 2. The first-order valence-corrected chi connectivity index (χ1v) is 2.83. The molecule has 1 aromatic heterocycles. The number of carbonyl (C=O) groups is 1. The second kappa shape index (κ2) is 3.03. The van der Waals surface area contributed by atoms with E-state index in [0.717, 1.165) is 0 Å². The van der Waals surface area contributed by atoms with Gasteiger partial charge in [0.2, 0.25) is 0 Å². The Morgan fingerprint density at radius 2 is 2.10 bits per heavy atom. The Hall–Kier alpha value is -1.29. The number of nitrogens with zero attached hydrogens (tertiary/aromatic N) is 2. The molecule has 0 bridgehead atoms. The van der Waals surface area contributed by atoms with E-state index in [0.29, 0.717) is 5.56 Å². The van der Waals surface area contributed by atoms with E-state index in [1.807, 2.05) is 0 Å². The number of rotatable bonds is 2. The second-order valence-corrected chi connectivity index (χ2v) is 1.75. The Morgan fingerprint density at radius 1 is 1.50 bits per heavy atom. The van der Waals surface area contributed by atoms with Crippen molar-refractivity contribution in [2.24, 2.45) is 5.73 Å². The first kappa shape index (κ1) is 6.82. The topological polar surface area (TPSA) is 68.9 Å². The Morgan fingerprint density at radius 3 is 2.60 bits per heavy atom. The van der Waals surface area contributed by atoms with Gasteiger partial charge in [-0.2, -0.15) is 0 Å². The van der Waals surface area contributed by atoms with Gasteiger partial charge >= 0.3 is 0 Å². The molecule has 0 saturated carbocycles. The van der Waals surface area contributed by atoms with Gasteiger partial charge in [0, 0.05) is 12.4 Å². The smallest absolute Gasteiger partial charge is 0.179 e. The third kappa shape index (κ3) is 1.35. The number of hydrogen-bond acceptors (Lipinski definition) is 4. The average molecular weight is 137 g/mol. The molecule has 0 amide bonds. The predicted molar refractivity (Wildman–Crippen MR) is 35.4 cm³/mol. The molecule has 1 rings (SSSR count). The maximum atomic E-state index is 10.8. The summed E-state index contributed by atoms with van der Waals surface area (Å²) in [6.45, 7) is 0.00731. The maximum absolute atomic E-state index is 10.8. The fourth-order valence-corrected chi connectivity index (χ4v) is 0.561. The van der Waals surface area contributed by atoms with Gasteiger partial charge in [-0.15, -0.1) is 0 Å². The van der Waals surface area contributed by atoms with Crippen LogP contribution in [0, 0.1) is 0 Å². The van der Waals surface area contributed by atoms with Crippen molar-refractivity contribution in [1.29, 1.82) is 0 Å². The molecule has 10 heavy (non-hydrogen) atoms. The number of ketones is 1. The Bertz CT molecular complexity index is 222. The molecular weight excluding hydrogens is 130 g/mol. The van der Waals surface area contributed by atoms with Crippen LogP contribution in [0.25, 0.3) is 0 Å². The van der Waals surface area contributed by atoms with Gasteiger partial charge < -0.3 is 5.73 Å². The summed E-state index contributed by atoms with van der Waals surface area (Å²) in [5, 5.41) is 0. The summed E-state index contributed by atoms with van der Waals surface area (Å²) in [6, 6.07) is 0. The largest absolute Gasteiger partial charge is 0.324 e. The van der Waals surface area contributed by atoms with Gasteiger partial charge in [-0.3, -0.25) is 4.79 Å². The molecule has 1 heterocycles. The van der Waals surface area contributed by atoms with Crippen LogP contribution >= 0.6 is 0 Å². The highest BCUT2D eigenvalue weighted by atomic mass is 16.1. The van der Waals surface area contributed by atoms with E-state index < -0.39 is 0 Å². The van der Waals surface area contributed by atoms with Crippen LogP contribution in [0.1, 0.15) is 10.4 Å². The van der Waals surface area contributed by atoms with Crippen molar-refractivity contribution in [2.45, 2.75) is 0 Å². The molecule has 4 heteroatoms. The third-order valence-electron chi connectivity index (χ3n) is 1.07. The van der Waals surface area contributed by atoms with Gasteiger partial charge in [-0.05, 0) is 0 Å². The molecule has 0 atom stereocenters. The van der Waals surface area contributed by atoms with Crippen molar-refractivity contribution in [3.8, 4) is 0 Å². The van der Waals surface area contributed by atoms with Gasteiger partial charge in [0.15, 0.2) is 5.78 Å². The summed E-state index contributed by atoms with van der Waals surface area (Å²) >= 11 is 0. The van der Waals surface area contributed by atoms with Crippen LogP contribution in [0.3, 0.4) is 0 Å². The summed E-state index contributed by atoms with van der Waals surface area (Å²) in [5.74, 6) is -0.138. The molecule has 0 aliphatic heterocycles. The predicted octanol–water partition coefficient (Wildman–Crippen LogP) is -0.382. The van der Waals surface area contributed by atoms with Gasteiger partial charge in [-0.1, -0.05) is 0 Å². The molecule has 0 fully saturated rings. The molecule has 0 aliphatic carbocycles. The minimum Gasteiger partial charge on any atom is -0.324 e. The van der Waals surface area contributed by atoms with Gasteiger partial charge in [0.1, 0.15) is 6.33 Å². The SMILES string of the molecule is NCC(=O)c1cncnc1. The van der Waals surface area contributed by atoms with Gasteiger partial charge in [0.25, 0.3) is 0 Å². The molecule has 4 nitrogen and oxygen atoms in total. The van der Waals surface area contributed by atoms with E-state index in [4.69, 9.17) is 5.73 Å². The van der Waals surface area contributed by atoms with E-state index >= 15 is 0 Å². The molecule has 52 valence electrons. The van der Waals surface area contributed by atoms with E-state index in [2.05, 4.69) is 9.97 Å². The minimum atomic E-state index is -0.138. The zero-order valence-electron chi connectivity index (χ0n) is 5.32. The van der Waals surface area contributed by atoms with Crippen molar-refractivity contribution < 1.29 is 4.79 Å². The standard InChI is InChI=1S/C6H7N3O/c7-1-6(10)5-2-8-4-9-3-5/h2-4H,1,7H2. The lowest BCUT2D eigenvalue weighted by molar-refractivity contribution is 0.100. The number of carbonyl (C=O) groups excluding carboxylic acids is 1. The van der Waals surface area contributed by atoms with Crippen LogP contribution in [-0.4, -0.2) is 22.3 Å². The second-order valence-electron chi connectivity index (χ2n) is 1.75. The van der Waals surface area contributed by atoms with Crippen LogP contribution in [0.4, 0.5) is 0 Å². The molecule has 0 radical (unpaired) electrons. The van der Waals surface area contributed by atoms with Crippen molar-refractivity contribution in [2.75, 3.05) is 6.54 Å². The molecular formula is C6H7N3O. The lowest BCUT2D eigenvalue weighted by atomic mass is 10.2. The van der Waals surface area contributed by atoms with E-state index in [-0.39, 0.29) is 12.3 Å². The Labute approximate surface area is 58.1 Å². The van der Waals surface area contributed by atoms with Crippen LogP contribution in [-0.2, 0) is 0 Å². The van der Waals surface area contributed by atoms with E-state index in [1.165, 1.54) is 18.7 Å². The summed E-state index contributed by atoms with van der Waals surface area (Å²) in [4.78, 5) is 18.1. The molecule has 2 N–H and O–H groups in total. The van der Waals surface area contributed by atoms with Crippen LogP contribution < -0.4 is 5.73 Å². The average Bonchev–Trinajstić information content (AvgIpc) is 2.05. The summed E-state index contributed by atoms with van der Waals surface area (Å²) in [5.41, 5.74) is 5.56. The highest BCUT2D eigenvalue weighted by Gasteiger charge is 2.00. The summed E-state index contributed by atoms with van der Waals surface area (Å²) in [7, 11) is 0. The van der Waals surface area contributed by atoms with E-state index in [9.17, 15) is 4.79 Å². The zero-order chi connectivity index (χ0) is 7.40. The van der Waals surface area contributed by atoms with Crippen molar-refractivity contribution in [3.63, 3.8) is 0 Å². The minimum absolute atomic E-state index is 0.00731. The van der Waals surface area contributed by atoms with Crippen molar-refractivity contribution in [1.82, 2.24) is 9.97 Å². The molecule has 0 aliphatic rings. The van der Waals surface area contributed by atoms with Gasteiger partial charge in [-0.25, -0.2) is 9.97 Å². The number of Topliss-reactive ketones (excluding diaryl/α,β-unsaturated/α-hetero) is 1. The Kier molecular flexibility index (Phi) is 2.07. The normalized spacial score (nSPS) is 9.30. The van der Waals surface area contributed by atoms with Crippen molar-refractivity contribution >= 4 is 5.78 Å². The van der Waals surface area contributed by atoms with Gasteiger partial charge in [0.05, 0.1) is 12.1 Å². The first-order chi connectivity index (χ1) is 4.84. The maximum Gasteiger partial charge on any atom is 0.179 e. The summed E-state index contributed by atoms with van der Waals surface area (Å²) < 4.78 is 0. The number of nitrogens with two attached hydrogens (primary N) is 1. The van der Waals surface area contributed by atoms with Crippen LogP contribution in [0.15, 0.2) is 18.7 Å². The third-order valence-corrected chi connectivity index (χ3v) is 1.07. The lowest BCUT2D eigenvalue weighted by Gasteiger charge is -1.92. The first-order valence-electron chi connectivity index (χ1n) is 2.83. The molecule has 0 unspecified atom stereocenters. The highest BCUT2D eigenvalue weighted by molar-refractivity contribution is 5.96. The fourth-order valence-electron chi connectivity index (χ4n) is 0.561. The zero-order valence-corrected chi connectivity index (χ0v) is 5.32. The number of hydrogen-bond donors (Lipinski definition) is 1. The van der Waals surface area contributed by atoms with Crippen LogP contribution in [0.5, 0.6) is 0 Å². The molecule has 0 saturated heterocycles. The highest BCUT2D eigenvalue weighted by Crippen LogP contribution is 1.91. The fraction of sp³-hybridized carbons (Fsp3) is 0.167.